The van der Waals surface area contributed by atoms with Crippen molar-refractivity contribution >= 4 is 34.2 Å². The van der Waals surface area contributed by atoms with Gasteiger partial charge in [0, 0.05) is 14.8 Å². The van der Waals surface area contributed by atoms with E-state index in [2.05, 4.69) is 27.9 Å². The van der Waals surface area contributed by atoms with Crippen LogP contribution in [0.15, 0.2) is 48.5 Å². The first-order valence-corrected chi connectivity index (χ1v) is 7.71. The van der Waals surface area contributed by atoms with Crippen molar-refractivity contribution in [3.05, 3.63) is 63.2 Å². The third-order valence-corrected chi connectivity index (χ3v) is 4.10. The number of amides is 1. The molecule has 108 valence electrons. The summed E-state index contributed by atoms with van der Waals surface area (Å²) in [4.78, 5) is 12.3. The molecule has 1 amide bonds. The predicted molar refractivity (Wildman–Crippen MR) is 88.2 cm³/mol. The molecule has 0 aromatic heterocycles. The highest BCUT2D eigenvalue weighted by molar-refractivity contribution is 14.1. The maximum absolute atomic E-state index is 12.3. The Morgan fingerprint density at radius 3 is 2.62 bits per heavy atom. The molecular weight excluding hydrogens is 381 g/mol. The highest BCUT2D eigenvalue weighted by Crippen LogP contribution is 2.25. The van der Waals surface area contributed by atoms with E-state index < -0.39 is 0 Å². The molecule has 0 aliphatic carbocycles. The zero-order chi connectivity index (χ0) is 14.7. The fourth-order valence-corrected chi connectivity index (χ4v) is 2.79. The van der Waals surface area contributed by atoms with Gasteiger partial charge in [0.1, 0.15) is 0 Å². The Kier molecular flexibility index (Phi) is 4.52. The highest BCUT2D eigenvalue weighted by atomic mass is 127. The van der Waals surface area contributed by atoms with E-state index in [0.717, 1.165) is 14.8 Å². The molecule has 4 nitrogen and oxygen atoms in total. The molecule has 2 aromatic carbocycles. The Balaban J connectivity index is 1.77. The summed E-state index contributed by atoms with van der Waals surface area (Å²) in [5.41, 5.74) is 2.31. The van der Waals surface area contributed by atoms with Gasteiger partial charge in [0.15, 0.2) is 6.29 Å². The quantitative estimate of drug-likeness (QED) is 0.809. The van der Waals surface area contributed by atoms with E-state index in [9.17, 15) is 4.79 Å². The van der Waals surface area contributed by atoms with Crippen molar-refractivity contribution in [1.82, 2.24) is 0 Å². The summed E-state index contributed by atoms with van der Waals surface area (Å²) in [6.07, 6.45) is -0.335. The standard InChI is InChI=1S/C16H14INO3/c17-14-7-2-1-6-13(14)15(19)18-12-5-3-4-11(10-12)16-20-8-9-21-16/h1-7,10,16H,8-9H2,(H,18,19). The summed E-state index contributed by atoms with van der Waals surface area (Å²) in [7, 11) is 0. The average molecular weight is 395 g/mol. The van der Waals surface area contributed by atoms with E-state index in [1.165, 1.54) is 0 Å². The predicted octanol–water partition coefficient (Wildman–Crippen LogP) is 3.59. The van der Waals surface area contributed by atoms with Crippen molar-refractivity contribution in [2.45, 2.75) is 6.29 Å². The number of carbonyl (C=O) groups is 1. The molecule has 21 heavy (non-hydrogen) atoms. The molecule has 3 rings (SSSR count). The van der Waals surface area contributed by atoms with E-state index in [4.69, 9.17) is 9.47 Å². The Bertz CT molecular complexity index is 653. The summed E-state index contributed by atoms with van der Waals surface area (Å²) in [5.74, 6) is -0.120. The molecule has 1 saturated heterocycles. The van der Waals surface area contributed by atoms with Gasteiger partial charge in [0.05, 0.1) is 18.8 Å². The number of nitrogens with one attached hydrogen (secondary N) is 1. The average Bonchev–Trinajstić information content (AvgIpc) is 3.02. The number of benzene rings is 2. The lowest BCUT2D eigenvalue weighted by Crippen LogP contribution is -2.13. The SMILES string of the molecule is O=C(Nc1cccc(C2OCCO2)c1)c1ccccc1I. The van der Waals surface area contributed by atoms with Gasteiger partial charge in [-0.25, -0.2) is 0 Å². The van der Waals surface area contributed by atoms with Gasteiger partial charge in [-0.2, -0.15) is 0 Å². The normalized spacial score (nSPS) is 15.1. The number of hydrogen-bond acceptors (Lipinski definition) is 3. The van der Waals surface area contributed by atoms with Crippen molar-refractivity contribution < 1.29 is 14.3 Å². The highest BCUT2D eigenvalue weighted by Gasteiger charge is 2.18. The number of ether oxygens (including phenoxy) is 2. The van der Waals surface area contributed by atoms with Crippen LogP contribution >= 0.6 is 22.6 Å². The molecule has 5 heteroatoms. The van der Waals surface area contributed by atoms with Crippen LogP contribution < -0.4 is 5.32 Å². The van der Waals surface area contributed by atoms with Crippen LogP contribution in [0.25, 0.3) is 0 Å². The maximum Gasteiger partial charge on any atom is 0.256 e. The van der Waals surface area contributed by atoms with Gasteiger partial charge in [0.25, 0.3) is 5.91 Å². The van der Waals surface area contributed by atoms with Crippen LogP contribution in [0.3, 0.4) is 0 Å². The molecule has 1 aliphatic rings. The zero-order valence-electron chi connectivity index (χ0n) is 11.2. The van der Waals surface area contributed by atoms with E-state index in [-0.39, 0.29) is 12.2 Å². The third-order valence-electron chi connectivity index (χ3n) is 3.16. The van der Waals surface area contributed by atoms with Crippen molar-refractivity contribution in [3.8, 4) is 0 Å². The van der Waals surface area contributed by atoms with Gasteiger partial charge in [-0.05, 0) is 46.9 Å². The molecule has 0 saturated carbocycles. The van der Waals surface area contributed by atoms with Crippen molar-refractivity contribution in [3.63, 3.8) is 0 Å². The van der Waals surface area contributed by atoms with Gasteiger partial charge in [-0.1, -0.05) is 24.3 Å². The van der Waals surface area contributed by atoms with E-state index in [1.807, 2.05) is 48.5 Å². The number of anilines is 1. The van der Waals surface area contributed by atoms with Crippen LogP contribution in [0, 0.1) is 3.57 Å². The Hall–Kier alpha value is -1.44. The Morgan fingerprint density at radius 2 is 1.86 bits per heavy atom. The van der Waals surface area contributed by atoms with Crippen molar-refractivity contribution in [2.24, 2.45) is 0 Å². The maximum atomic E-state index is 12.3. The minimum absolute atomic E-state index is 0.120. The Labute approximate surface area is 136 Å². The summed E-state index contributed by atoms with van der Waals surface area (Å²) in [5, 5.41) is 2.91. The first-order chi connectivity index (χ1) is 10.2. The smallest absolute Gasteiger partial charge is 0.256 e. The van der Waals surface area contributed by atoms with Gasteiger partial charge in [-0.3, -0.25) is 4.79 Å². The fraction of sp³-hybridized carbons (Fsp3) is 0.188. The molecule has 1 fully saturated rings. The van der Waals surface area contributed by atoms with Gasteiger partial charge < -0.3 is 14.8 Å². The number of halogens is 1. The molecular formula is C16H14INO3. The lowest BCUT2D eigenvalue weighted by Gasteiger charge is -2.12. The molecule has 0 spiro atoms. The largest absolute Gasteiger partial charge is 0.346 e. The molecule has 0 radical (unpaired) electrons. The lowest BCUT2D eigenvalue weighted by molar-refractivity contribution is -0.0440. The first-order valence-electron chi connectivity index (χ1n) is 6.63. The lowest BCUT2D eigenvalue weighted by atomic mass is 10.1. The van der Waals surface area contributed by atoms with Crippen LogP contribution in [0.4, 0.5) is 5.69 Å². The topological polar surface area (TPSA) is 47.6 Å². The molecule has 1 N–H and O–H groups in total. The molecule has 0 unspecified atom stereocenters. The van der Waals surface area contributed by atoms with Gasteiger partial charge in [-0.15, -0.1) is 0 Å². The van der Waals surface area contributed by atoms with E-state index in [0.29, 0.717) is 18.8 Å². The second-order valence-corrected chi connectivity index (χ2v) is 5.80. The number of carbonyl (C=O) groups excluding carboxylic acids is 1. The van der Waals surface area contributed by atoms with Crippen molar-refractivity contribution in [2.75, 3.05) is 18.5 Å². The van der Waals surface area contributed by atoms with Crippen molar-refractivity contribution in [1.29, 1.82) is 0 Å². The summed E-state index contributed by atoms with van der Waals surface area (Å²) < 4.78 is 11.9. The Morgan fingerprint density at radius 1 is 1.10 bits per heavy atom. The third kappa shape index (κ3) is 3.42. The van der Waals surface area contributed by atoms with E-state index in [1.54, 1.807) is 0 Å². The number of rotatable bonds is 3. The summed E-state index contributed by atoms with van der Waals surface area (Å²) in [6.45, 7) is 1.20. The van der Waals surface area contributed by atoms with Gasteiger partial charge in [0.2, 0.25) is 0 Å². The monoisotopic (exact) mass is 395 g/mol. The van der Waals surface area contributed by atoms with Crippen LogP contribution in [-0.2, 0) is 9.47 Å². The molecule has 0 bridgehead atoms. The summed E-state index contributed by atoms with van der Waals surface area (Å²) in [6, 6.07) is 15.0. The van der Waals surface area contributed by atoms with E-state index >= 15 is 0 Å². The minimum Gasteiger partial charge on any atom is -0.346 e. The molecule has 1 heterocycles. The van der Waals surface area contributed by atoms with Crippen LogP contribution in [0.1, 0.15) is 22.2 Å². The summed E-state index contributed by atoms with van der Waals surface area (Å²) >= 11 is 2.16. The second kappa shape index (κ2) is 6.55. The van der Waals surface area contributed by atoms with Crippen LogP contribution in [-0.4, -0.2) is 19.1 Å². The minimum atomic E-state index is -0.335. The van der Waals surface area contributed by atoms with Gasteiger partial charge >= 0.3 is 0 Å². The fourth-order valence-electron chi connectivity index (χ4n) is 2.16. The van der Waals surface area contributed by atoms with Crippen LogP contribution in [0.5, 0.6) is 0 Å². The molecule has 1 aliphatic heterocycles. The molecule has 0 atom stereocenters. The van der Waals surface area contributed by atoms with Crippen LogP contribution in [0.2, 0.25) is 0 Å². The molecule has 2 aromatic rings. The zero-order valence-corrected chi connectivity index (χ0v) is 13.4. The second-order valence-electron chi connectivity index (χ2n) is 4.63. The first kappa shape index (κ1) is 14.5. The number of hydrogen-bond donors (Lipinski definition) is 1.